The summed E-state index contributed by atoms with van der Waals surface area (Å²) in [4.78, 5) is 8.56. The minimum atomic E-state index is -0.282. The number of hydrogen-bond acceptors (Lipinski definition) is 2. The third-order valence-corrected chi connectivity index (χ3v) is 4.51. The first-order chi connectivity index (χ1) is 9.15. The van der Waals surface area contributed by atoms with Gasteiger partial charge in [-0.15, -0.1) is 0 Å². The second kappa shape index (κ2) is 5.33. The van der Waals surface area contributed by atoms with Crippen molar-refractivity contribution < 1.29 is 4.39 Å². The molecule has 0 N–H and O–H groups in total. The Kier molecular flexibility index (Phi) is 3.72. The highest BCUT2D eigenvalue weighted by atomic mass is 79.9. The SMILES string of the molecule is Fc1cc2c(C3CCCCC3)nc(Cl)nc2cc1Br. The standard InChI is InChI=1S/C14H13BrClFN2/c15-10-7-12-9(6-11(10)17)13(19-14(16)18-12)8-4-2-1-3-5-8/h6-8H,1-5H2. The number of hydrogen-bond donors (Lipinski definition) is 0. The van der Waals surface area contributed by atoms with Crippen LogP contribution in [0.15, 0.2) is 16.6 Å². The van der Waals surface area contributed by atoms with Gasteiger partial charge >= 0.3 is 0 Å². The van der Waals surface area contributed by atoms with Crippen LogP contribution >= 0.6 is 27.5 Å². The van der Waals surface area contributed by atoms with Crippen molar-refractivity contribution in [3.63, 3.8) is 0 Å². The van der Waals surface area contributed by atoms with Crippen molar-refractivity contribution in [2.75, 3.05) is 0 Å². The molecule has 1 aromatic carbocycles. The molecule has 3 rings (SSSR count). The summed E-state index contributed by atoms with van der Waals surface area (Å²) in [5.41, 5.74) is 1.61. The first kappa shape index (κ1) is 13.3. The molecule has 0 radical (unpaired) electrons. The van der Waals surface area contributed by atoms with Crippen LogP contribution in [0.25, 0.3) is 10.9 Å². The van der Waals surface area contributed by atoms with E-state index in [-0.39, 0.29) is 11.1 Å². The fraction of sp³-hybridized carbons (Fsp3) is 0.429. The Morgan fingerprint density at radius 3 is 2.63 bits per heavy atom. The summed E-state index contributed by atoms with van der Waals surface area (Å²) in [6, 6.07) is 3.18. The highest BCUT2D eigenvalue weighted by Gasteiger charge is 2.21. The smallest absolute Gasteiger partial charge is 0.222 e. The molecule has 0 aliphatic heterocycles. The average Bonchev–Trinajstić information content (AvgIpc) is 2.41. The molecule has 1 fully saturated rings. The van der Waals surface area contributed by atoms with Gasteiger partial charge in [-0.25, -0.2) is 14.4 Å². The van der Waals surface area contributed by atoms with E-state index in [4.69, 9.17) is 11.6 Å². The summed E-state index contributed by atoms with van der Waals surface area (Å²) >= 11 is 9.19. The van der Waals surface area contributed by atoms with Crippen LogP contribution in [0.1, 0.15) is 43.7 Å². The van der Waals surface area contributed by atoms with Gasteiger partial charge in [0.2, 0.25) is 5.28 Å². The van der Waals surface area contributed by atoms with Gasteiger partial charge in [0.15, 0.2) is 0 Å². The van der Waals surface area contributed by atoms with E-state index in [1.807, 2.05) is 0 Å². The van der Waals surface area contributed by atoms with E-state index in [0.717, 1.165) is 23.9 Å². The van der Waals surface area contributed by atoms with Crippen LogP contribution in [-0.4, -0.2) is 9.97 Å². The average molecular weight is 344 g/mol. The zero-order valence-corrected chi connectivity index (χ0v) is 12.6. The van der Waals surface area contributed by atoms with E-state index >= 15 is 0 Å². The molecule has 0 bridgehead atoms. The summed E-state index contributed by atoms with van der Waals surface area (Å²) in [7, 11) is 0. The van der Waals surface area contributed by atoms with Crippen molar-refractivity contribution in [3.05, 3.63) is 33.4 Å². The highest BCUT2D eigenvalue weighted by Crippen LogP contribution is 2.36. The maximum absolute atomic E-state index is 13.8. The van der Waals surface area contributed by atoms with Crippen LogP contribution in [0.4, 0.5) is 4.39 Å². The quantitative estimate of drug-likeness (QED) is 0.662. The lowest BCUT2D eigenvalue weighted by Crippen LogP contribution is -2.08. The minimum Gasteiger partial charge on any atom is -0.222 e. The lowest BCUT2D eigenvalue weighted by molar-refractivity contribution is 0.438. The molecular weight excluding hydrogens is 331 g/mol. The van der Waals surface area contributed by atoms with Crippen molar-refractivity contribution in [1.82, 2.24) is 9.97 Å². The Hall–Kier alpha value is -0.740. The van der Waals surface area contributed by atoms with Gasteiger partial charge in [-0.3, -0.25) is 0 Å². The zero-order chi connectivity index (χ0) is 13.4. The summed E-state index contributed by atoms with van der Waals surface area (Å²) in [6.07, 6.45) is 5.87. The molecule has 0 spiro atoms. The summed E-state index contributed by atoms with van der Waals surface area (Å²) in [6.45, 7) is 0. The topological polar surface area (TPSA) is 25.8 Å². The Bertz CT molecular complexity index is 626. The molecule has 100 valence electrons. The molecule has 5 heteroatoms. The summed E-state index contributed by atoms with van der Waals surface area (Å²) < 4.78 is 14.2. The van der Waals surface area contributed by atoms with E-state index in [0.29, 0.717) is 15.9 Å². The molecule has 2 nitrogen and oxygen atoms in total. The predicted octanol–water partition coefficient (Wildman–Crippen LogP) is 5.23. The lowest BCUT2D eigenvalue weighted by atomic mass is 9.85. The Balaban J connectivity index is 2.18. The molecule has 1 saturated carbocycles. The highest BCUT2D eigenvalue weighted by molar-refractivity contribution is 9.10. The fourth-order valence-corrected chi connectivity index (χ4v) is 3.32. The summed E-state index contributed by atoms with van der Waals surface area (Å²) in [5.74, 6) is 0.0906. The predicted molar refractivity (Wildman–Crippen MR) is 78.0 cm³/mol. The van der Waals surface area contributed by atoms with Crippen LogP contribution in [0.5, 0.6) is 0 Å². The molecule has 0 saturated heterocycles. The molecule has 0 atom stereocenters. The van der Waals surface area contributed by atoms with Gasteiger partial charge in [-0.05, 0) is 52.5 Å². The van der Waals surface area contributed by atoms with Gasteiger partial charge in [0.25, 0.3) is 0 Å². The monoisotopic (exact) mass is 342 g/mol. The van der Waals surface area contributed by atoms with Crippen molar-refractivity contribution in [2.24, 2.45) is 0 Å². The van der Waals surface area contributed by atoms with Gasteiger partial charge in [0.1, 0.15) is 5.82 Å². The maximum Gasteiger partial charge on any atom is 0.223 e. The van der Waals surface area contributed by atoms with Gasteiger partial charge in [-0.2, -0.15) is 0 Å². The molecule has 19 heavy (non-hydrogen) atoms. The van der Waals surface area contributed by atoms with Crippen LogP contribution in [0.2, 0.25) is 5.28 Å². The first-order valence-electron chi connectivity index (χ1n) is 6.47. The van der Waals surface area contributed by atoms with E-state index in [1.54, 1.807) is 6.07 Å². The van der Waals surface area contributed by atoms with Crippen LogP contribution in [0.3, 0.4) is 0 Å². The van der Waals surface area contributed by atoms with Crippen molar-refractivity contribution in [2.45, 2.75) is 38.0 Å². The first-order valence-corrected chi connectivity index (χ1v) is 7.64. The molecule has 2 aromatic rings. The van der Waals surface area contributed by atoms with E-state index in [1.165, 1.54) is 25.3 Å². The number of nitrogens with zero attached hydrogens (tertiary/aromatic N) is 2. The molecule has 0 amide bonds. The molecular formula is C14H13BrClFN2. The minimum absolute atomic E-state index is 0.242. The molecule has 1 aliphatic carbocycles. The van der Waals surface area contributed by atoms with Crippen LogP contribution < -0.4 is 0 Å². The Morgan fingerprint density at radius 1 is 1.16 bits per heavy atom. The van der Waals surface area contributed by atoms with Gasteiger partial charge in [0.05, 0.1) is 15.7 Å². The van der Waals surface area contributed by atoms with Crippen molar-refractivity contribution >= 4 is 38.4 Å². The Morgan fingerprint density at radius 2 is 1.89 bits per heavy atom. The van der Waals surface area contributed by atoms with E-state index in [2.05, 4.69) is 25.9 Å². The number of fused-ring (bicyclic) bond motifs is 1. The second-order valence-corrected chi connectivity index (χ2v) is 6.19. The normalized spacial score (nSPS) is 17.0. The van der Waals surface area contributed by atoms with Gasteiger partial charge in [0, 0.05) is 11.3 Å². The fourth-order valence-electron chi connectivity index (χ4n) is 2.81. The Labute approximate surface area is 124 Å². The van der Waals surface area contributed by atoms with Crippen LogP contribution in [-0.2, 0) is 0 Å². The molecule has 1 heterocycles. The largest absolute Gasteiger partial charge is 0.223 e. The molecule has 1 aromatic heterocycles. The zero-order valence-electron chi connectivity index (χ0n) is 10.3. The number of rotatable bonds is 1. The summed E-state index contributed by atoms with van der Waals surface area (Å²) in [5, 5.41) is 1.03. The van der Waals surface area contributed by atoms with Gasteiger partial charge < -0.3 is 0 Å². The second-order valence-electron chi connectivity index (χ2n) is 5.00. The van der Waals surface area contributed by atoms with Crippen molar-refractivity contribution in [3.8, 4) is 0 Å². The van der Waals surface area contributed by atoms with E-state index in [9.17, 15) is 4.39 Å². The number of aromatic nitrogens is 2. The number of halogens is 3. The van der Waals surface area contributed by atoms with Crippen LogP contribution in [0, 0.1) is 5.82 Å². The number of benzene rings is 1. The molecule has 1 aliphatic rings. The molecule has 0 unspecified atom stereocenters. The lowest BCUT2D eigenvalue weighted by Gasteiger charge is -2.22. The maximum atomic E-state index is 13.8. The van der Waals surface area contributed by atoms with E-state index < -0.39 is 0 Å². The van der Waals surface area contributed by atoms with Gasteiger partial charge in [-0.1, -0.05) is 19.3 Å². The third kappa shape index (κ3) is 2.61. The van der Waals surface area contributed by atoms with Crippen molar-refractivity contribution in [1.29, 1.82) is 0 Å². The third-order valence-electron chi connectivity index (χ3n) is 3.73.